The molecule has 1 fully saturated rings. The minimum absolute atomic E-state index is 0.0406. The molecule has 0 radical (unpaired) electrons. The summed E-state index contributed by atoms with van der Waals surface area (Å²) in [5.74, 6) is -0.830. The van der Waals surface area contributed by atoms with Crippen LogP contribution in [0, 0.1) is 0 Å². The third-order valence-corrected chi connectivity index (χ3v) is 3.63. The molecule has 2 rings (SSSR count). The number of nitrogens with one attached hydrogen (secondary N) is 2. The highest BCUT2D eigenvalue weighted by molar-refractivity contribution is 5.93. The molecule has 132 valence electrons. The molecule has 1 aromatic carbocycles. The summed E-state index contributed by atoms with van der Waals surface area (Å²) in [6, 6.07) is 4.54. The van der Waals surface area contributed by atoms with E-state index in [2.05, 4.69) is 15.4 Å². The number of likely N-dealkylation sites (tertiary alicyclic amines) is 1. The fourth-order valence-corrected chi connectivity index (χ4v) is 2.60. The highest BCUT2D eigenvalue weighted by Crippen LogP contribution is 2.24. The van der Waals surface area contributed by atoms with Gasteiger partial charge in [0.25, 0.3) is 0 Å². The van der Waals surface area contributed by atoms with E-state index in [1.165, 1.54) is 12.1 Å². The molecule has 9 heteroatoms. The highest BCUT2D eigenvalue weighted by atomic mass is 19.4. The third kappa shape index (κ3) is 5.12. The number of nitrogens with zero attached hydrogens (tertiary/aromatic N) is 1. The second-order valence-electron chi connectivity index (χ2n) is 5.36. The van der Waals surface area contributed by atoms with Crippen molar-refractivity contribution in [1.82, 2.24) is 10.2 Å². The standard InChI is InChI=1S/C15H18F3N3O3/c1-19-14(23)12-3-2-8-21(12)9-13(22)20-10-4-6-11(7-5-10)24-15(16,17)18/h4-7,12H,2-3,8-9H2,1H3,(H,19,23)(H,20,22). The Bertz CT molecular complexity index is 590. The molecule has 2 N–H and O–H groups in total. The third-order valence-electron chi connectivity index (χ3n) is 3.63. The first kappa shape index (κ1) is 18.1. The molecule has 1 saturated heterocycles. The van der Waals surface area contributed by atoms with E-state index in [1.807, 2.05) is 0 Å². The van der Waals surface area contributed by atoms with Crippen LogP contribution in [0.25, 0.3) is 0 Å². The number of carbonyl (C=O) groups is 2. The van der Waals surface area contributed by atoms with Crippen molar-refractivity contribution in [3.63, 3.8) is 0 Å². The zero-order valence-electron chi connectivity index (χ0n) is 13.0. The summed E-state index contributed by atoms with van der Waals surface area (Å²) in [5, 5.41) is 5.15. The van der Waals surface area contributed by atoms with Gasteiger partial charge in [0.2, 0.25) is 11.8 Å². The van der Waals surface area contributed by atoms with Crippen LogP contribution < -0.4 is 15.4 Å². The number of amides is 2. The number of hydrogen-bond acceptors (Lipinski definition) is 4. The number of anilines is 1. The molecule has 0 spiro atoms. The summed E-state index contributed by atoms with van der Waals surface area (Å²) < 4.78 is 40.0. The van der Waals surface area contributed by atoms with Gasteiger partial charge in [0, 0.05) is 12.7 Å². The quantitative estimate of drug-likeness (QED) is 0.853. The lowest BCUT2D eigenvalue weighted by Crippen LogP contribution is -2.45. The fourth-order valence-electron chi connectivity index (χ4n) is 2.60. The topological polar surface area (TPSA) is 70.7 Å². The summed E-state index contributed by atoms with van der Waals surface area (Å²) in [6.45, 7) is 0.683. The molecule has 1 atom stereocenters. The number of likely N-dealkylation sites (N-methyl/N-ethyl adjacent to an activating group) is 1. The Morgan fingerprint density at radius 2 is 1.96 bits per heavy atom. The first-order chi connectivity index (χ1) is 11.3. The lowest BCUT2D eigenvalue weighted by Gasteiger charge is -2.22. The average Bonchev–Trinajstić information content (AvgIpc) is 2.95. The molecule has 1 aliphatic heterocycles. The first-order valence-corrected chi connectivity index (χ1v) is 7.40. The van der Waals surface area contributed by atoms with Crippen molar-refractivity contribution in [2.75, 3.05) is 25.5 Å². The van der Waals surface area contributed by atoms with Gasteiger partial charge in [-0.1, -0.05) is 0 Å². The lowest BCUT2D eigenvalue weighted by molar-refractivity contribution is -0.274. The van der Waals surface area contributed by atoms with Crippen molar-refractivity contribution in [2.24, 2.45) is 0 Å². The van der Waals surface area contributed by atoms with Crippen molar-refractivity contribution in [3.05, 3.63) is 24.3 Å². The molecule has 0 saturated carbocycles. The van der Waals surface area contributed by atoms with Crippen LogP contribution in [0.4, 0.5) is 18.9 Å². The molecular formula is C15H18F3N3O3. The van der Waals surface area contributed by atoms with Crippen molar-refractivity contribution in [3.8, 4) is 5.75 Å². The van der Waals surface area contributed by atoms with Gasteiger partial charge in [-0.05, 0) is 43.7 Å². The van der Waals surface area contributed by atoms with E-state index >= 15 is 0 Å². The van der Waals surface area contributed by atoms with Crippen molar-refractivity contribution in [1.29, 1.82) is 0 Å². The largest absolute Gasteiger partial charge is 0.573 e. The summed E-state index contributed by atoms with van der Waals surface area (Å²) in [7, 11) is 1.55. The van der Waals surface area contributed by atoms with Crippen LogP contribution >= 0.6 is 0 Å². The minimum Gasteiger partial charge on any atom is -0.406 e. The SMILES string of the molecule is CNC(=O)C1CCCN1CC(=O)Nc1ccc(OC(F)(F)F)cc1. The van der Waals surface area contributed by atoms with Gasteiger partial charge in [-0.25, -0.2) is 0 Å². The van der Waals surface area contributed by atoms with Crippen molar-refractivity contribution >= 4 is 17.5 Å². The number of alkyl halides is 3. The summed E-state index contributed by atoms with van der Waals surface area (Å²) in [5.41, 5.74) is 0.352. The number of halogens is 3. The summed E-state index contributed by atoms with van der Waals surface area (Å²) in [4.78, 5) is 25.5. The van der Waals surface area contributed by atoms with Gasteiger partial charge in [0.05, 0.1) is 12.6 Å². The summed E-state index contributed by atoms with van der Waals surface area (Å²) >= 11 is 0. The van der Waals surface area contributed by atoms with Crippen LogP contribution in [0.3, 0.4) is 0 Å². The molecule has 2 amide bonds. The Morgan fingerprint density at radius 3 is 2.54 bits per heavy atom. The van der Waals surface area contributed by atoms with E-state index in [9.17, 15) is 22.8 Å². The molecular weight excluding hydrogens is 327 g/mol. The molecule has 0 bridgehead atoms. The first-order valence-electron chi connectivity index (χ1n) is 7.40. The molecule has 1 aromatic rings. The van der Waals surface area contributed by atoms with E-state index < -0.39 is 6.36 Å². The Hall–Kier alpha value is -2.29. The van der Waals surface area contributed by atoms with Gasteiger partial charge < -0.3 is 15.4 Å². The van der Waals surface area contributed by atoms with Crippen LogP contribution in [-0.2, 0) is 9.59 Å². The van der Waals surface area contributed by atoms with Crippen LogP contribution in [0.15, 0.2) is 24.3 Å². The van der Waals surface area contributed by atoms with Gasteiger partial charge in [-0.2, -0.15) is 0 Å². The Kier molecular flexibility index (Phi) is 5.66. The molecule has 6 nitrogen and oxygen atoms in total. The number of benzene rings is 1. The molecule has 1 aliphatic rings. The maximum atomic E-state index is 12.1. The Morgan fingerprint density at radius 1 is 1.29 bits per heavy atom. The number of rotatable bonds is 5. The van der Waals surface area contributed by atoms with E-state index in [0.717, 1.165) is 18.6 Å². The van der Waals surface area contributed by atoms with E-state index in [-0.39, 0.29) is 30.2 Å². The predicted molar refractivity (Wildman–Crippen MR) is 80.4 cm³/mol. The van der Waals surface area contributed by atoms with Crippen LogP contribution in [0.1, 0.15) is 12.8 Å². The monoisotopic (exact) mass is 345 g/mol. The molecule has 24 heavy (non-hydrogen) atoms. The van der Waals surface area contributed by atoms with E-state index in [4.69, 9.17) is 0 Å². The molecule has 0 aromatic heterocycles. The zero-order valence-corrected chi connectivity index (χ0v) is 13.0. The maximum absolute atomic E-state index is 12.1. The van der Waals surface area contributed by atoms with Gasteiger partial charge in [0.1, 0.15) is 5.75 Å². The van der Waals surface area contributed by atoms with Crippen LogP contribution in [-0.4, -0.2) is 49.3 Å². The molecule has 0 aliphatic carbocycles. The molecule has 1 unspecified atom stereocenters. The average molecular weight is 345 g/mol. The number of ether oxygens (including phenoxy) is 1. The van der Waals surface area contributed by atoms with E-state index in [1.54, 1.807) is 11.9 Å². The van der Waals surface area contributed by atoms with Crippen LogP contribution in [0.2, 0.25) is 0 Å². The zero-order chi connectivity index (χ0) is 17.7. The summed E-state index contributed by atoms with van der Waals surface area (Å²) in [6.07, 6.45) is -3.24. The smallest absolute Gasteiger partial charge is 0.406 e. The molecule has 1 heterocycles. The second-order valence-corrected chi connectivity index (χ2v) is 5.36. The van der Waals surface area contributed by atoms with Gasteiger partial charge in [0.15, 0.2) is 0 Å². The van der Waals surface area contributed by atoms with Crippen LogP contribution in [0.5, 0.6) is 5.75 Å². The normalized spacial score (nSPS) is 18.2. The lowest BCUT2D eigenvalue weighted by atomic mass is 10.2. The predicted octanol–water partition coefficient (Wildman–Crippen LogP) is 1.73. The van der Waals surface area contributed by atoms with Gasteiger partial charge >= 0.3 is 6.36 Å². The Labute approximate surface area is 137 Å². The number of carbonyl (C=O) groups excluding carboxylic acids is 2. The van der Waals surface area contributed by atoms with E-state index in [0.29, 0.717) is 18.7 Å². The van der Waals surface area contributed by atoms with Crippen molar-refractivity contribution in [2.45, 2.75) is 25.2 Å². The van der Waals surface area contributed by atoms with Gasteiger partial charge in [-0.3, -0.25) is 14.5 Å². The van der Waals surface area contributed by atoms with Crippen molar-refractivity contribution < 1.29 is 27.5 Å². The Balaban J connectivity index is 1.89. The maximum Gasteiger partial charge on any atom is 0.573 e. The highest BCUT2D eigenvalue weighted by Gasteiger charge is 2.32. The second kappa shape index (κ2) is 7.52. The van der Waals surface area contributed by atoms with Gasteiger partial charge in [-0.15, -0.1) is 13.2 Å². The minimum atomic E-state index is -4.75. The number of hydrogen-bond donors (Lipinski definition) is 2. The fraction of sp³-hybridized carbons (Fsp3) is 0.467.